The van der Waals surface area contributed by atoms with Gasteiger partial charge in [-0.2, -0.15) is 0 Å². The van der Waals surface area contributed by atoms with Gasteiger partial charge >= 0.3 is 0 Å². The van der Waals surface area contributed by atoms with E-state index in [0.29, 0.717) is 0 Å². The fraction of sp³-hybridized carbons (Fsp3) is 0.600. The number of fused-ring (bicyclic) bond motifs is 1. The average molecular weight is 285 g/mol. The summed E-state index contributed by atoms with van der Waals surface area (Å²) >= 11 is 0. The van der Waals surface area contributed by atoms with Crippen LogP contribution in [-0.2, 0) is 6.42 Å². The van der Waals surface area contributed by atoms with E-state index in [-0.39, 0.29) is 5.54 Å². The van der Waals surface area contributed by atoms with E-state index in [1.54, 1.807) is 0 Å². The Balaban J connectivity index is 1.91. The number of unbranched alkanes of at least 4 members (excludes halogenated alkanes) is 5. The minimum Gasteiger partial charge on any atom is -0.376 e. The van der Waals surface area contributed by atoms with Crippen LogP contribution in [0.4, 0.5) is 5.69 Å². The summed E-state index contributed by atoms with van der Waals surface area (Å²) < 4.78 is 0. The lowest BCUT2D eigenvalue weighted by atomic mass is 9.90. The topological polar surface area (TPSA) is 12.0 Å². The number of allylic oxidation sites excluding steroid dienone is 1. The summed E-state index contributed by atoms with van der Waals surface area (Å²) in [7, 11) is 0. The molecule has 116 valence electrons. The van der Waals surface area contributed by atoms with Crippen molar-refractivity contribution in [3.63, 3.8) is 0 Å². The number of hydrogen-bond donors (Lipinski definition) is 1. The Labute approximate surface area is 130 Å². The van der Waals surface area contributed by atoms with Crippen molar-refractivity contribution in [2.24, 2.45) is 0 Å². The Bertz CT molecular complexity index is 497. The smallest absolute Gasteiger partial charge is 0.0505 e. The monoisotopic (exact) mass is 285 g/mol. The summed E-state index contributed by atoms with van der Waals surface area (Å²) in [6.07, 6.45) is 11.8. The first-order chi connectivity index (χ1) is 10.0. The number of rotatable bonds is 7. The van der Waals surface area contributed by atoms with E-state index in [4.69, 9.17) is 0 Å². The van der Waals surface area contributed by atoms with Gasteiger partial charge in [0, 0.05) is 11.3 Å². The standard InChI is InChI=1S/C20H31N/c1-5-6-7-8-9-10-11-17-12-13-19-18(14-17)16(2)15-20(3,4)21-19/h12-15,21H,5-11H2,1-4H3. The Morgan fingerprint density at radius 2 is 1.71 bits per heavy atom. The Morgan fingerprint density at radius 3 is 2.48 bits per heavy atom. The minimum atomic E-state index is 0.0673. The first-order valence-corrected chi connectivity index (χ1v) is 8.63. The van der Waals surface area contributed by atoms with E-state index >= 15 is 0 Å². The van der Waals surface area contributed by atoms with Crippen molar-refractivity contribution >= 4 is 11.3 Å². The van der Waals surface area contributed by atoms with Crippen LogP contribution in [0.3, 0.4) is 0 Å². The molecule has 0 amide bonds. The first kappa shape index (κ1) is 16.1. The summed E-state index contributed by atoms with van der Waals surface area (Å²) in [5.74, 6) is 0. The van der Waals surface area contributed by atoms with Crippen LogP contribution in [0.1, 0.15) is 77.3 Å². The molecule has 1 nitrogen and oxygen atoms in total. The van der Waals surface area contributed by atoms with Gasteiger partial charge in [0.2, 0.25) is 0 Å². The predicted octanol–water partition coefficient (Wildman–Crippen LogP) is 6.20. The Kier molecular flexibility index (Phi) is 5.50. The van der Waals surface area contributed by atoms with Crippen molar-refractivity contribution in [1.82, 2.24) is 0 Å². The molecule has 0 saturated heterocycles. The Morgan fingerprint density at radius 1 is 1.00 bits per heavy atom. The second-order valence-corrected chi connectivity index (χ2v) is 7.07. The molecule has 21 heavy (non-hydrogen) atoms. The molecule has 0 fully saturated rings. The van der Waals surface area contributed by atoms with Gasteiger partial charge in [0.05, 0.1) is 5.54 Å². The van der Waals surface area contributed by atoms with Crippen molar-refractivity contribution < 1.29 is 0 Å². The van der Waals surface area contributed by atoms with E-state index in [0.717, 1.165) is 0 Å². The van der Waals surface area contributed by atoms with Gasteiger partial charge in [0.15, 0.2) is 0 Å². The van der Waals surface area contributed by atoms with Crippen LogP contribution >= 0.6 is 0 Å². The largest absolute Gasteiger partial charge is 0.376 e. The highest BCUT2D eigenvalue weighted by Gasteiger charge is 2.22. The van der Waals surface area contributed by atoms with Gasteiger partial charge in [-0.05, 0) is 56.9 Å². The first-order valence-electron chi connectivity index (χ1n) is 8.63. The molecule has 1 heteroatoms. The molecular formula is C20H31N. The van der Waals surface area contributed by atoms with Crippen LogP contribution in [0.5, 0.6) is 0 Å². The summed E-state index contributed by atoms with van der Waals surface area (Å²) in [6.45, 7) is 8.96. The average Bonchev–Trinajstić information content (AvgIpc) is 2.42. The molecule has 1 heterocycles. The van der Waals surface area contributed by atoms with Crippen LogP contribution in [-0.4, -0.2) is 5.54 Å². The third-order valence-electron chi connectivity index (χ3n) is 4.36. The lowest BCUT2D eigenvalue weighted by Gasteiger charge is -2.31. The molecule has 0 unspecified atom stereocenters. The van der Waals surface area contributed by atoms with E-state index < -0.39 is 0 Å². The van der Waals surface area contributed by atoms with Gasteiger partial charge in [0.1, 0.15) is 0 Å². The van der Waals surface area contributed by atoms with Gasteiger partial charge in [-0.15, -0.1) is 0 Å². The van der Waals surface area contributed by atoms with Gasteiger partial charge in [-0.1, -0.05) is 51.2 Å². The summed E-state index contributed by atoms with van der Waals surface area (Å²) in [5.41, 5.74) is 5.62. The van der Waals surface area contributed by atoms with Crippen molar-refractivity contribution in [2.45, 2.75) is 78.2 Å². The van der Waals surface area contributed by atoms with Crippen molar-refractivity contribution in [3.8, 4) is 0 Å². The molecule has 2 rings (SSSR count). The number of aryl methyl sites for hydroxylation is 1. The zero-order chi connectivity index (χ0) is 15.3. The van der Waals surface area contributed by atoms with Gasteiger partial charge in [-0.3, -0.25) is 0 Å². The van der Waals surface area contributed by atoms with E-state index in [9.17, 15) is 0 Å². The highest BCUT2D eigenvalue weighted by Crippen LogP contribution is 2.34. The molecule has 0 saturated carbocycles. The maximum absolute atomic E-state index is 3.61. The molecule has 1 aromatic rings. The molecule has 1 aromatic carbocycles. The molecule has 0 atom stereocenters. The van der Waals surface area contributed by atoms with Crippen LogP contribution in [0, 0.1) is 0 Å². The lowest BCUT2D eigenvalue weighted by Crippen LogP contribution is -2.31. The van der Waals surface area contributed by atoms with Gasteiger partial charge in [-0.25, -0.2) is 0 Å². The molecular weight excluding hydrogens is 254 g/mol. The van der Waals surface area contributed by atoms with Crippen LogP contribution < -0.4 is 5.32 Å². The maximum atomic E-state index is 3.61. The van der Waals surface area contributed by atoms with Gasteiger partial charge < -0.3 is 5.32 Å². The molecule has 0 spiro atoms. The second-order valence-electron chi connectivity index (χ2n) is 7.07. The van der Waals surface area contributed by atoms with E-state index in [1.165, 1.54) is 67.3 Å². The third-order valence-corrected chi connectivity index (χ3v) is 4.36. The SMILES string of the molecule is CCCCCCCCc1ccc2c(c1)C(C)=CC(C)(C)N2. The molecule has 0 bridgehead atoms. The van der Waals surface area contributed by atoms with Crippen LogP contribution in [0.15, 0.2) is 24.3 Å². The van der Waals surface area contributed by atoms with Crippen LogP contribution in [0.25, 0.3) is 5.57 Å². The second kappa shape index (κ2) is 7.15. The zero-order valence-electron chi connectivity index (χ0n) is 14.3. The lowest BCUT2D eigenvalue weighted by molar-refractivity contribution is 0.607. The molecule has 1 aliphatic heterocycles. The van der Waals surface area contributed by atoms with Crippen molar-refractivity contribution in [2.75, 3.05) is 5.32 Å². The summed E-state index contributed by atoms with van der Waals surface area (Å²) in [4.78, 5) is 0. The Hall–Kier alpha value is -1.24. The third kappa shape index (κ3) is 4.62. The fourth-order valence-electron chi connectivity index (χ4n) is 3.29. The normalized spacial score (nSPS) is 16.1. The number of anilines is 1. The quantitative estimate of drug-likeness (QED) is 0.588. The zero-order valence-corrected chi connectivity index (χ0v) is 14.3. The maximum Gasteiger partial charge on any atom is 0.0505 e. The summed E-state index contributed by atoms with van der Waals surface area (Å²) in [5, 5.41) is 3.61. The molecule has 1 N–H and O–H groups in total. The minimum absolute atomic E-state index is 0.0673. The molecule has 1 aliphatic rings. The number of hydrogen-bond acceptors (Lipinski definition) is 1. The molecule has 0 aromatic heterocycles. The molecule has 0 aliphatic carbocycles. The number of benzene rings is 1. The summed E-state index contributed by atoms with van der Waals surface area (Å²) in [6, 6.07) is 6.95. The van der Waals surface area contributed by atoms with Crippen molar-refractivity contribution in [3.05, 3.63) is 35.4 Å². The number of nitrogens with one attached hydrogen (secondary N) is 1. The van der Waals surface area contributed by atoms with Gasteiger partial charge in [0.25, 0.3) is 0 Å². The highest BCUT2D eigenvalue weighted by atomic mass is 15.0. The van der Waals surface area contributed by atoms with E-state index in [1.807, 2.05) is 0 Å². The van der Waals surface area contributed by atoms with Crippen molar-refractivity contribution in [1.29, 1.82) is 0 Å². The fourth-order valence-corrected chi connectivity index (χ4v) is 3.29. The van der Waals surface area contributed by atoms with E-state index in [2.05, 4.69) is 57.3 Å². The highest BCUT2D eigenvalue weighted by molar-refractivity contribution is 5.80. The molecule has 0 radical (unpaired) electrons. The van der Waals surface area contributed by atoms with Crippen LogP contribution in [0.2, 0.25) is 0 Å². The predicted molar refractivity (Wildman–Crippen MR) is 94.9 cm³/mol.